The summed E-state index contributed by atoms with van der Waals surface area (Å²) >= 11 is 5.96. The minimum atomic E-state index is -0.869. The van der Waals surface area contributed by atoms with Crippen molar-refractivity contribution in [1.82, 2.24) is 15.0 Å². The number of nitrogens with zero attached hydrogens (tertiary/aromatic N) is 3. The fourth-order valence-corrected chi connectivity index (χ4v) is 6.13. The summed E-state index contributed by atoms with van der Waals surface area (Å²) in [4.78, 5) is 43.5. The number of carbonyl (C=O) groups excluding carboxylic acids is 3. The standard InChI is InChI=1S/C36H40ClF2N3O8/c1-8-46-32(43)29-24(15-21-17-41(33(44)48-35(2,3)4)18-28(29)42(21)34(45)49-36(5,6)7)20-9-11-22(12-10-20)47-19-23-16-27(40-50-23)30-25(38)13-14-26(39)31(30)37/h9-14,16,21,28H,8,15,17-19H2,1-7H3. The molecular weight excluding hydrogens is 676 g/mol. The van der Waals surface area contributed by atoms with Gasteiger partial charge in [-0.25, -0.2) is 23.2 Å². The van der Waals surface area contributed by atoms with Crippen LogP contribution in [0.25, 0.3) is 16.8 Å². The number of aromatic nitrogens is 1. The summed E-state index contributed by atoms with van der Waals surface area (Å²) in [7, 11) is 0. The Bertz CT molecular complexity index is 1800. The lowest BCUT2D eigenvalue weighted by Gasteiger charge is -2.50. The third-order valence-corrected chi connectivity index (χ3v) is 8.22. The zero-order valence-electron chi connectivity index (χ0n) is 29.0. The van der Waals surface area contributed by atoms with Crippen LogP contribution in [-0.4, -0.2) is 76.1 Å². The highest BCUT2D eigenvalue weighted by Crippen LogP contribution is 2.40. The van der Waals surface area contributed by atoms with E-state index in [2.05, 4.69) is 5.16 Å². The molecule has 5 rings (SSSR count). The Labute approximate surface area is 294 Å². The largest absolute Gasteiger partial charge is 0.486 e. The van der Waals surface area contributed by atoms with Crippen LogP contribution in [0.1, 0.15) is 66.2 Å². The first-order valence-electron chi connectivity index (χ1n) is 16.2. The van der Waals surface area contributed by atoms with Crippen molar-refractivity contribution in [3.63, 3.8) is 0 Å². The monoisotopic (exact) mass is 715 g/mol. The van der Waals surface area contributed by atoms with Crippen LogP contribution in [0.15, 0.2) is 52.6 Å². The van der Waals surface area contributed by atoms with Crippen LogP contribution in [0.4, 0.5) is 18.4 Å². The molecule has 3 heterocycles. The second-order valence-corrected chi connectivity index (χ2v) is 14.3. The molecule has 1 fully saturated rings. The summed E-state index contributed by atoms with van der Waals surface area (Å²) in [6.45, 7) is 12.5. The van der Waals surface area contributed by atoms with Gasteiger partial charge in [-0.3, -0.25) is 4.90 Å². The average molecular weight is 716 g/mol. The number of esters is 1. The van der Waals surface area contributed by atoms with Crippen molar-refractivity contribution in [2.75, 3.05) is 19.7 Å². The highest BCUT2D eigenvalue weighted by molar-refractivity contribution is 6.33. The lowest BCUT2D eigenvalue weighted by atomic mass is 9.82. The van der Waals surface area contributed by atoms with Crippen LogP contribution in [0.3, 0.4) is 0 Å². The van der Waals surface area contributed by atoms with Gasteiger partial charge in [0.25, 0.3) is 0 Å². The first-order chi connectivity index (χ1) is 23.5. The smallest absolute Gasteiger partial charge is 0.411 e. The molecule has 1 aromatic heterocycles. The summed E-state index contributed by atoms with van der Waals surface area (Å²) in [5.74, 6) is -1.45. The predicted molar refractivity (Wildman–Crippen MR) is 179 cm³/mol. The number of ether oxygens (including phenoxy) is 4. The van der Waals surface area contributed by atoms with Gasteiger partial charge in [0.15, 0.2) is 5.76 Å². The third-order valence-electron chi connectivity index (χ3n) is 7.85. The minimum absolute atomic E-state index is 0.00654. The zero-order valence-corrected chi connectivity index (χ0v) is 29.7. The Balaban J connectivity index is 1.42. The molecule has 0 spiro atoms. The molecule has 2 aliphatic rings. The van der Waals surface area contributed by atoms with Crippen LogP contribution in [0.5, 0.6) is 5.75 Å². The normalized spacial score (nSPS) is 17.8. The summed E-state index contributed by atoms with van der Waals surface area (Å²) in [5.41, 5.74) is -0.123. The van der Waals surface area contributed by atoms with Crippen LogP contribution < -0.4 is 4.74 Å². The fraction of sp³-hybridized carbons (Fsp3) is 0.444. The van der Waals surface area contributed by atoms with Gasteiger partial charge in [0.1, 0.15) is 40.9 Å². The zero-order chi connectivity index (χ0) is 36.5. The maximum atomic E-state index is 14.4. The van der Waals surface area contributed by atoms with Gasteiger partial charge >= 0.3 is 18.2 Å². The van der Waals surface area contributed by atoms with Crippen LogP contribution in [0.2, 0.25) is 5.02 Å². The van der Waals surface area contributed by atoms with Crippen molar-refractivity contribution >= 4 is 35.3 Å². The molecule has 2 unspecified atom stereocenters. The van der Waals surface area contributed by atoms with Crippen molar-refractivity contribution < 1.29 is 46.6 Å². The Morgan fingerprint density at radius 1 is 0.940 bits per heavy atom. The quantitative estimate of drug-likeness (QED) is 0.137. The Hall–Kier alpha value is -4.65. The van der Waals surface area contributed by atoms with Crippen molar-refractivity contribution in [3.05, 3.63) is 76.0 Å². The second kappa shape index (κ2) is 14.3. The van der Waals surface area contributed by atoms with E-state index in [0.717, 1.165) is 12.1 Å². The number of amides is 2. The number of hydrogen-bond donors (Lipinski definition) is 0. The molecule has 11 nitrogen and oxygen atoms in total. The third kappa shape index (κ3) is 8.20. The molecule has 1 saturated heterocycles. The molecular formula is C36H40ClF2N3O8. The lowest BCUT2D eigenvalue weighted by Crippen LogP contribution is -2.65. The minimum Gasteiger partial charge on any atom is -0.486 e. The maximum Gasteiger partial charge on any atom is 0.411 e. The van der Waals surface area contributed by atoms with E-state index in [9.17, 15) is 23.2 Å². The Morgan fingerprint density at radius 3 is 2.22 bits per heavy atom. The second-order valence-electron chi connectivity index (χ2n) is 14.0. The molecule has 50 heavy (non-hydrogen) atoms. The van der Waals surface area contributed by atoms with E-state index in [4.69, 9.17) is 35.1 Å². The highest BCUT2D eigenvalue weighted by atomic mass is 35.5. The van der Waals surface area contributed by atoms with Crippen LogP contribution >= 0.6 is 11.6 Å². The molecule has 0 saturated carbocycles. The van der Waals surface area contributed by atoms with Gasteiger partial charge in [0.2, 0.25) is 0 Å². The number of hydrogen-bond acceptors (Lipinski definition) is 9. The van der Waals surface area contributed by atoms with Gasteiger partial charge in [-0.05, 0) is 90.3 Å². The van der Waals surface area contributed by atoms with Crippen molar-refractivity contribution in [2.24, 2.45) is 0 Å². The molecule has 268 valence electrons. The molecule has 0 radical (unpaired) electrons. The lowest BCUT2D eigenvalue weighted by molar-refractivity contribution is -0.140. The number of fused-ring (bicyclic) bond motifs is 2. The molecule has 2 amide bonds. The SMILES string of the molecule is CCOC(=O)C1=C(c2ccc(OCc3cc(-c4c(F)ccc(F)c4Cl)no3)cc2)CC2CN(C(=O)OC(C)(C)C)CC1N2C(=O)OC(C)(C)C. The van der Waals surface area contributed by atoms with Gasteiger partial charge in [0.05, 0.1) is 34.8 Å². The first-order valence-corrected chi connectivity index (χ1v) is 16.6. The molecule has 14 heteroatoms. The molecule has 0 N–H and O–H groups in total. The van der Waals surface area contributed by atoms with E-state index in [1.807, 2.05) is 0 Å². The summed E-state index contributed by atoms with van der Waals surface area (Å²) in [5, 5.41) is 3.40. The van der Waals surface area contributed by atoms with Crippen molar-refractivity contribution in [1.29, 1.82) is 0 Å². The van der Waals surface area contributed by atoms with E-state index in [1.54, 1.807) is 72.7 Å². The van der Waals surface area contributed by atoms with Crippen molar-refractivity contribution in [3.8, 4) is 17.0 Å². The van der Waals surface area contributed by atoms with E-state index in [0.29, 0.717) is 16.9 Å². The highest BCUT2D eigenvalue weighted by Gasteiger charge is 2.49. The molecule has 2 aliphatic heterocycles. The topological polar surface area (TPSA) is 121 Å². The van der Waals surface area contributed by atoms with Gasteiger partial charge in [-0.2, -0.15) is 0 Å². The van der Waals surface area contributed by atoms with Crippen LogP contribution in [0, 0.1) is 11.6 Å². The molecule has 2 aromatic carbocycles. The van der Waals surface area contributed by atoms with Gasteiger partial charge in [-0.15, -0.1) is 0 Å². The van der Waals surface area contributed by atoms with E-state index >= 15 is 0 Å². The molecule has 3 aromatic rings. The van der Waals surface area contributed by atoms with Gasteiger partial charge < -0.3 is 28.4 Å². The molecule has 0 aliphatic carbocycles. The van der Waals surface area contributed by atoms with Crippen molar-refractivity contribution in [2.45, 2.75) is 84.8 Å². The predicted octanol–water partition coefficient (Wildman–Crippen LogP) is 7.80. The first kappa shape index (κ1) is 36.6. The Morgan fingerprint density at radius 2 is 1.58 bits per heavy atom. The molecule has 2 atom stereocenters. The molecule has 2 bridgehead atoms. The maximum absolute atomic E-state index is 14.4. The number of piperazine rings is 1. The average Bonchev–Trinajstić information content (AvgIpc) is 3.48. The number of rotatable bonds is 7. The number of carbonyl (C=O) groups is 3. The van der Waals surface area contributed by atoms with E-state index in [-0.39, 0.29) is 55.3 Å². The number of halogens is 3. The summed E-state index contributed by atoms with van der Waals surface area (Å²) < 4.78 is 56.3. The van der Waals surface area contributed by atoms with E-state index in [1.165, 1.54) is 15.9 Å². The van der Waals surface area contributed by atoms with Crippen LogP contribution in [-0.2, 0) is 25.6 Å². The van der Waals surface area contributed by atoms with E-state index < -0.39 is 58.1 Å². The summed E-state index contributed by atoms with van der Waals surface area (Å²) in [6, 6.07) is 8.86. The number of benzene rings is 2. The fourth-order valence-electron chi connectivity index (χ4n) is 5.88. The Kier molecular flexibility index (Phi) is 10.5. The van der Waals surface area contributed by atoms with Gasteiger partial charge in [0, 0.05) is 19.2 Å². The van der Waals surface area contributed by atoms with Gasteiger partial charge in [-0.1, -0.05) is 28.9 Å². The summed E-state index contributed by atoms with van der Waals surface area (Å²) in [6.07, 6.45) is -0.921.